The van der Waals surface area contributed by atoms with E-state index in [0.29, 0.717) is 12.0 Å². The lowest BCUT2D eigenvalue weighted by Crippen LogP contribution is -2.64. The molecule has 1 aromatic carbocycles. The number of rotatable bonds is 11. The number of Topliss-reactive ketones (excluding diaryl/α,β-unsaturated/α-hetero) is 2. The Kier molecular flexibility index (Phi) is 15.9. The second-order valence-electron chi connectivity index (χ2n) is 20.5. The standard InChI is InChI=1S/C50H72N2O15/c1-15-22-60-49(9)24-27(3)40(55)47(7)26-52(13)35-39(47)50(10,67-45(35)58)33(16-2)63-43(56)29(5)36(53)38(42(49)66-46-37(54)32(51(11)12)23-28(4)61-46)64-34-25-48(8,59-14)41(30(6)62-34)65-44(57)31-20-18-17-19-21-31/h1,17-21,27-30,32-35,37-39,41-42,46,54H,16,22-26H2,2-14H3/t27-,28-,29-,30+,32+,33+,34?,35?,37-,38+,39?,41+,42-,46+,47?,48-,49+,50-/m1/s1. The van der Waals surface area contributed by atoms with E-state index in [4.69, 9.17) is 49.1 Å². The molecule has 17 heteroatoms. The summed E-state index contributed by atoms with van der Waals surface area (Å²) in [6.07, 6.45) is -4.27. The highest BCUT2D eigenvalue weighted by Crippen LogP contribution is 2.55. The van der Waals surface area contributed by atoms with Crippen molar-refractivity contribution < 1.29 is 71.7 Å². The third-order valence-corrected chi connectivity index (χ3v) is 15.2. The minimum Gasteiger partial charge on any atom is -0.458 e. The van der Waals surface area contributed by atoms with Gasteiger partial charge in [0.05, 0.1) is 23.4 Å². The molecule has 5 aliphatic rings. The zero-order valence-corrected chi connectivity index (χ0v) is 41.3. The first-order valence-corrected chi connectivity index (χ1v) is 23.5. The smallest absolute Gasteiger partial charge is 0.338 e. The first-order chi connectivity index (χ1) is 31.4. The van der Waals surface area contributed by atoms with Crippen molar-refractivity contribution >= 4 is 29.5 Å². The molecule has 5 saturated heterocycles. The van der Waals surface area contributed by atoms with Crippen LogP contribution in [0.1, 0.15) is 98.4 Å². The lowest BCUT2D eigenvalue weighted by atomic mass is 9.62. The number of esters is 3. The van der Waals surface area contributed by atoms with Gasteiger partial charge < -0.3 is 52.6 Å². The first-order valence-electron chi connectivity index (χ1n) is 23.5. The number of aliphatic hydroxyl groups is 1. The molecule has 372 valence electrons. The van der Waals surface area contributed by atoms with Crippen molar-refractivity contribution in [1.82, 2.24) is 9.80 Å². The van der Waals surface area contributed by atoms with Gasteiger partial charge in [-0.05, 0) is 94.1 Å². The molecule has 0 radical (unpaired) electrons. The number of aliphatic hydroxyl groups excluding tert-OH is 1. The molecule has 67 heavy (non-hydrogen) atoms. The summed E-state index contributed by atoms with van der Waals surface area (Å²) < 4.78 is 57.5. The molecule has 17 nitrogen and oxygen atoms in total. The number of ether oxygens (including phenoxy) is 9. The minimum absolute atomic E-state index is 0.0922. The second kappa shape index (κ2) is 20.3. The number of hydrogen-bond acceptors (Lipinski definition) is 17. The average Bonchev–Trinajstić information content (AvgIpc) is 3.74. The summed E-state index contributed by atoms with van der Waals surface area (Å²) in [6.45, 7) is 15.2. The third kappa shape index (κ3) is 9.98. The van der Waals surface area contributed by atoms with Crippen LogP contribution in [0.25, 0.3) is 0 Å². The van der Waals surface area contributed by atoms with E-state index in [1.165, 1.54) is 14.0 Å². The minimum atomic E-state index is -1.77. The number of likely N-dealkylation sites (N-methyl/N-ethyl adjacent to an activating group) is 2. The van der Waals surface area contributed by atoms with E-state index in [1.54, 1.807) is 78.9 Å². The highest BCUT2D eigenvalue weighted by molar-refractivity contribution is 6.01. The summed E-state index contributed by atoms with van der Waals surface area (Å²) in [4.78, 5) is 76.2. The Morgan fingerprint density at radius 2 is 1.63 bits per heavy atom. The fourth-order valence-corrected chi connectivity index (χ4v) is 11.7. The van der Waals surface area contributed by atoms with E-state index in [2.05, 4.69) is 5.92 Å². The van der Waals surface area contributed by atoms with Gasteiger partial charge in [0.2, 0.25) is 0 Å². The highest BCUT2D eigenvalue weighted by Gasteiger charge is 2.71. The monoisotopic (exact) mass is 940 g/mol. The molecule has 0 aromatic heterocycles. The number of likely N-dealkylation sites (tertiary alicyclic amines) is 1. The number of terminal acetylenes is 1. The van der Waals surface area contributed by atoms with Crippen LogP contribution >= 0.6 is 0 Å². The highest BCUT2D eigenvalue weighted by atomic mass is 16.7. The molecule has 0 spiro atoms. The molecular weight excluding hydrogens is 869 g/mol. The molecule has 0 aliphatic carbocycles. The fourth-order valence-electron chi connectivity index (χ4n) is 11.7. The predicted octanol–water partition coefficient (Wildman–Crippen LogP) is 3.74. The van der Waals surface area contributed by atoms with E-state index < -0.39 is 131 Å². The molecule has 0 bridgehead atoms. The van der Waals surface area contributed by atoms with Crippen LogP contribution in [-0.4, -0.2) is 170 Å². The Bertz CT molecular complexity index is 2030. The number of benzene rings is 1. The summed E-state index contributed by atoms with van der Waals surface area (Å²) in [6, 6.07) is 7.23. The van der Waals surface area contributed by atoms with Crippen LogP contribution in [-0.2, 0) is 61.8 Å². The van der Waals surface area contributed by atoms with Crippen LogP contribution in [0.5, 0.6) is 0 Å². The molecule has 1 N–H and O–H groups in total. The maximum Gasteiger partial charge on any atom is 0.338 e. The Morgan fingerprint density at radius 1 is 0.955 bits per heavy atom. The topological polar surface area (TPSA) is 195 Å². The second-order valence-corrected chi connectivity index (χ2v) is 20.5. The zero-order chi connectivity index (χ0) is 49.6. The number of methoxy groups -OCH3 is 1. The normalized spacial score (nSPS) is 43.2. The van der Waals surface area contributed by atoms with Gasteiger partial charge in [-0.2, -0.15) is 0 Å². The first kappa shape index (κ1) is 52.5. The van der Waals surface area contributed by atoms with E-state index >= 15 is 9.59 Å². The number of cyclic esters (lactones) is 1. The van der Waals surface area contributed by atoms with Crippen molar-refractivity contribution in [2.75, 3.05) is 41.4 Å². The summed E-state index contributed by atoms with van der Waals surface area (Å²) in [5.41, 5.74) is -5.30. The maximum absolute atomic E-state index is 15.5. The van der Waals surface area contributed by atoms with Gasteiger partial charge >= 0.3 is 17.9 Å². The van der Waals surface area contributed by atoms with Crippen LogP contribution in [0.15, 0.2) is 30.3 Å². The SMILES string of the molecule is C#CCO[C@@]1(C)C[C@@H](C)C(=O)C2(C)CN(C)C3C(=O)O[C@@](C)(C32)[C@H](CC)OC(=O)[C@H](C)C(=O)[C@H](OC2C[C@@](C)(OC)[C@@H](OC(=O)c3ccccc3)[C@H](C)O2)[C@H]1O[C@@H]1O[C@H](C)C[C@H](N(C)C)[C@H]1O. The van der Waals surface area contributed by atoms with Crippen LogP contribution < -0.4 is 0 Å². The third-order valence-electron chi connectivity index (χ3n) is 15.2. The Labute approximate surface area is 395 Å². The van der Waals surface area contributed by atoms with Crippen molar-refractivity contribution in [3.05, 3.63) is 35.9 Å². The number of ketones is 2. The molecule has 5 heterocycles. The Balaban J connectivity index is 1.49. The van der Waals surface area contributed by atoms with Gasteiger partial charge in [0, 0.05) is 43.4 Å². The fraction of sp³-hybridized carbons (Fsp3) is 0.740. The number of nitrogens with zero attached hydrogens (tertiary/aromatic N) is 2. The molecule has 5 fully saturated rings. The van der Waals surface area contributed by atoms with Gasteiger partial charge in [-0.15, -0.1) is 6.42 Å². The molecule has 5 aliphatic heterocycles. The van der Waals surface area contributed by atoms with Gasteiger partial charge in [-0.3, -0.25) is 24.1 Å². The largest absolute Gasteiger partial charge is 0.458 e. The predicted molar refractivity (Wildman–Crippen MR) is 241 cm³/mol. The van der Waals surface area contributed by atoms with Crippen molar-refractivity contribution in [2.24, 2.45) is 23.2 Å². The molecular formula is C50H72N2O15. The molecule has 1 aromatic rings. The van der Waals surface area contributed by atoms with Crippen LogP contribution in [0.2, 0.25) is 0 Å². The van der Waals surface area contributed by atoms with Crippen molar-refractivity contribution in [3.63, 3.8) is 0 Å². The molecule has 0 amide bonds. The van der Waals surface area contributed by atoms with E-state index in [9.17, 15) is 19.5 Å². The van der Waals surface area contributed by atoms with Crippen molar-refractivity contribution in [3.8, 4) is 12.3 Å². The molecule has 6 rings (SSSR count). The molecule has 18 atom stereocenters. The van der Waals surface area contributed by atoms with Gasteiger partial charge in [-0.1, -0.05) is 44.9 Å². The van der Waals surface area contributed by atoms with Crippen LogP contribution in [0.3, 0.4) is 0 Å². The van der Waals surface area contributed by atoms with Gasteiger partial charge in [0.1, 0.15) is 54.4 Å². The Morgan fingerprint density at radius 3 is 2.24 bits per heavy atom. The van der Waals surface area contributed by atoms with E-state index in [1.807, 2.05) is 37.7 Å². The number of carbonyl (C=O) groups is 5. The summed E-state index contributed by atoms with van der Waals surface area (Å²) in [5.74, 6) is -3.75. The van der Waals surface area contributed by atoms with Crippen LogP contribution in [0.4, 0.5) is 0 Å². The summed E-state index contributed by atoms with van der Waals surface area (Å²) in [5, 5.41) is 11.9. The van der Waals surface area contributed by atoms with E-state index in [0.717, 1.165) is 0 Å². The zero-order valence-electron chi connectivity index (χ0n) is 41.3. The lowest BCUT2D eigenvalue weighted by Gasteiger charge is -2.49. The van der Waals surface area contributed by atoms with E-state index in [-0.39, 0.29) is 38.2 Å². The van der Waals surface area contributed by atoms with Crippen LogP contribution in [0, 0.1) is 35.5 Å². The number of hydrogen-bond donors (Lipinski definition) is 1. The maximum atomic E-state index is 15.5. The summed E-state index contributed by atoms with van der Waals surface area (Å²) in [7, 11) is 6.87. The number of carbonyl (C=O) groups excluding carboxylic acids is 5. The van der Waals surface area contributed by atoms with Gasteiger partial charge in [-0.25, -0.2) is 4.79 Å². The Hall–Kier alpha value is -3.83. The molecule has 0 saturated carbocycles. The van der Waals surface area contributed by atoms with Gasteiger partial charge in [0.15, 0.2) is 30.1 Å². The lowest BCUT2D eigenvalue weighted by molar-refractivity contribution is -0.327. The molecule has 4 unspecified atom stereocenters. The van der Waals surface area contributed by atoms with Crippen molar-refractivity contribution in [2.45, 2.75) is 172 Å². The average molecular weight is 941 g/mol. The van der Waals surface area contributed by atoms with Gasteiger partial charge in [0.25, 0.3) is 0 Å². The summed E-state index contributed by atoms with van der Waals surface area (Å²) >= 11 is 0. The quantitative estimate of drug-likeness (QED) is 0.146. The van der Waals surface area contributed by atoms with Crippen molar-refractivity contribution in [1.29, 1.82) is 0 Å².